The summed E-state index contributed by atoms with van der Waals surface area (Å²) >= 11 is 12.1. The Balaban J connectivity index is 2.06. The first-order valence-electron chi connectivity index (χ1n) is 6.20. The van der Waals surface area contributed by atoms with Crippen molar-refractivity contribution in [3.63, 3.8) is 0 Å². The largest absolute Gasteiger partial charge is 0.0843 e. The molecule has 2 unspecified atom stereocenters. The Morgan fingerprint density at radius 1 is 0.889 bits per heavy atom. The number of halogens is 2. The number of hydrogen-bond donors (Lipinski definition) is 0. The molecule has 2 heteroatoms. The van der Waals surface area contributed by atoms with Gasteiger partial charge in [0.05, 0.1) is 0 Å². The van der Waals surface area contributed by atoms with E-state index in [4.69, 9.17) is 23.2 Å². The van der Waals surface area contributed by atoms with Gasteiger partial charge in [0, 0.05) is 16.0 Å². The first-order chi connectivity index (χ1) is 8.65. The summed E-state index contributed by atoms with van der Waals surface area (Å²) in [6.07, 6.45) is 1.15. The summed E-state index contributed by atoms with van der Waals surface area (Å²) in [5.41, 5.74) is 4.13. The zero-order valence-electron chi connectivity index (χ0n) is 10.2. The van der Waals surface area contributed by atoms with Crippen LogP contribution in [0.2, 0.25) is 10.0 Å². The van der Waals surface area contributed by atoms with E-state index in [0.29, 0.717) is 11.8 Å². The molecule has 0 aromatic heterocycles. The third-order valence-electron chi connectivity index (χ3n) is 3.82. The Morgan fingerprint density at radius 2 is 1.56 bits per heavy atom. The van der Waals surface area contributed by atoms with E-state index in [-0.39, 0.29) is 0 Å². The Kier molecular flexibility index (Phi) is 3.09. The highest BCUT2D eigenvalue weighted by Gasteiger charge is 2.29. The number of benzene rings is 2. The highest BCUT2D eigenvalue weighted by Crippen LogP contribution is 2.45. The standard InChI is InChI=1S/C16H14Cl2/c1-10-8-15(11-2-4-12(17)5-3-11)16-9-13(18)6-7-14(10)16/h2-7,9-10,15H,8H2,1H3. The molecule has 2 atom stereocenters. The molecule has 18 heavy (non-hydrogen) atoms. The predicted molar refractivity (Wildman–Crippen MR) is 77.8 cm³/mol. The van der Waals surface area contributed by atoms with E-state index >= 15 is 0 Å². The van der Waals surface area contributed by atoms with Gasteiger partial charge in [-0.05, 0) is 53.3 Å². The molecule has 1 aliphatic carbocycles. The van der Waals surface area contributed by atoms with Crippen LogP contribution in [0.15, 0.2) is 42.5 Å². The van der Waals surface area contributed by atoms with Gasteiger partial charge < -0.3 is 0 Å². The Morgan fingerprint density at radius 3 is 2.28 bits per heavy atom. The highest BCUT2D eigenvalue weighted by molar-refractivity contribution is 6.30. The maximum Gasteiger partial charge on any atom is 0.0409 e. The maximum atomic E-state index is 6.13. The lowest BCUT2D eigenvalue weighted by Gasteiger charge is -2.12. The molecule has 0 fully saturated rings. The average Bonchev–Trinajstić information content (AvgIpc) is 2.67. The van der Waals surface area contributed by atoms with Gasteiger partial charge in [0.25, 0.3) is 0 Å². The van der Waals surface area contributed by atoms with Gasteiger partial charge in [0.15, 0.2) is 0 Å². The van der Waals surface area contributed by atoms with Crippen LogP contribution >= 0.6 is 23.2 Å². The summed E-state index contributed by atoms with van der Waals surface area (Å²) < 4.78 is 0. The molecule has 0 aliphatic heterocycles. The zero-order chi connectivity index (χ0) is 12.7. The van der Waals surface area contributed by atoms with Crippen LogP contribution in [0.3, 0.4) is 0 Å². The van der Waals surface area contributed by atoms with Gasteiger partial charge in [-0.25, -0.2) is 0 Å². The summed E-state index contributed by atoms with van der Waals surface area (Å²) in [6, 6.07) is 14.4. The molecule has 1 aliphatic rings. The number of fused-ring (bicyclic) bond motifs is 1. The summed E-state index contributed by atoms with van der Waals surface area (Å²) in [7, 11) is 0. The van der Waals surface area contributed by atoms with E-state index in [0.717, 1.165) is 16.5 Å². The second kappa shape index (κ2) is 4.60. The van der Waals surface area contributed by atoms with Crippen LogP contribution in [-0.2, 0) is 0 Å². The van der Waals surface area contributed by atoms with Crippen molar-refractivity contribution in [2.75, 3.05) is 0 Å². The van der Waals surface area contributed by atoms with Gasteiger partial charge in [0.1, 0.15) is 0 Å². The summed E-state index contributed by atoms with van der Waals surface area (Å²) in [5, 5.41) is 1.61. The second-order valence-corrected chi connectivity index (χ2v) is 5.89. The lowest BCUT2D eigenvalue weighted by atomic mass is 9.93. The van der Waals surface area contributed by atoms with Gasteiger partial charge in [-0.3, -0.25) is 0 Å². The monoisotopic (exact) mass is 276 g/mol. The molecule has 2 aromatic carbocycles. The van der Waals surface area contributed by atoms with Gasteiger partial charge >= 0.3 is 0 Å². The molecular weight excluding hydrogens is 263 g/mol. The molecule has 0 spiro atoms. The molecule has 3 rings (SSSR count). The van der Waals surface area contributed by atoms with Gasteiger partial charge in [-0.2, -0.15) is 0 Å². The maximum absolute atomic E-state index is 6.13. The lowest BCUT2D eigenvalue weighted by molar-refractivity contribution is 0.686. The van der Waals surface area contributed by atoms with Crippen LogP contribution in [0.5, 0.6) is 0 Å². The molecular formula is C16H14Cl2. The molecule has 0 saturated carbocycles. The van der Waals surface area contributed by atoms with Crippen LogP contribution in [0.25, 0.3) is 0 Å². The molecule has 0 bridgehead atoms. The summed E-state index contributed by atoms with van der Waals surface area (Å²) in [5.74, 6) is 1.05. The summed E-state index contributed by atoms with van der Waals surface area (Å²) in [6.45, 7) is 2.28. The highest BCUT2D eigenvalue weighted by atomic mass is 35.5. The molecule has 0 amide bonds. The van der Waals surface area contributed by atoms with Gasteiger partial charge in [-0.1, -0.05) is 48.3 Å². The van der Waals surface area contributed by atoms with Crippen molar-refractivity contribution in [3.8, 4) is 0 Å². The lowest BCUT2D eigenvalue weighted by Crippen LogP contribution is -1.95. The molecule has 0 saturated heterocycles. The van der Waals surface area contributed by atoms with Crippen molar-refractivity contribution >= 4 is 23.2 Å². The van der Waals surface area contributed by atoms with Crippen molar-refractivity contribution in [1.82, 2.24) is 0 Å². The van der Waals surface area contributed by atoms with E-state index in [1.807, 2.05) is 18.2 Å². The van der Waals surface area contributed by atoms with E-state index in [9.17, 15) is 0 Å². The third-order valence-corrected chi connectivity index (χ3v) is 4.30. The minimum Gasteiger partial charge on any atom is -0.0843 e. The SMILES string of the molecule is CC1CC(c2ccc(Cl)cc2)c2cc(Cl)ccc21. The van der Waals surface area contributed by atoms with Crippen LogP contribution in [0, 0.1) is 0 Å². The van der Waals surface area contributed by atoms with Crippen LogP contribution < -0.4 is 0 Å². The predicted octanol–water partition coefficient (Wildman–Crippen LogP) is 5.63. The Bertz CT molecular complexity index is 572. The van der Waals surface area contributed by atoms with Crippen LogP contribution in [-0.4, -0.2) is 0 Å². The van der Waals surface area contributed by atoms with Crippen LogP contribution in [0.1, 0.15) is 41.9 Å². The first-order valence-corrected chi connectivity index (χ1v) is 6.95. The van der Waals surface area contributed by atoms with Gasteiger partial charge in [-0.15, -0.1) is 0 Å². The molecule has 0 N–H and O–H groups in total. The molecule has 0 heterocycles. The van der Waals surface area contributed by atoms with Crippen molar-refractivity contribution < 1.29 is 0 Å². The fourth-order valence-corrected chi connectivity index (χ4v) is 3.22. The fraction of sp³-hybridized carbons (Fsp3) is 0.250. The molecule has 2 aromatic rings. The Hall–Kier alpha value is -0.980. The average molecular weight is 277 g/mol. The number of rotatable bonds is 1. The minimum absolute atomic E-state index is 0.450. The first kappa shape index (κ1) is 12.1. The van der Waals surface area contributed by atoms with Crippen molar-refractivity contribution in [2.24, 2.45) is 0 Å². The topological polar surface area (TPSA) is 0 Å². The third kappa shape index (κ3) is 2.04. The molecule has 0 nitrogen and oxygen atoms in total. The molecule has 0 radical (unpaired) electrons. The zero-order valence-corrected chi connectivity index (χ0v) is 11.7. The Labute approximate surface area is 118 Å². The number of hydrogen-bond acceptors (Lipinski definition) is 0. The van der Waals surface area contributed by atoms with E-state index in [2.05, 4.69) is 31.2 Å². The minimum atomic E-state index is 0.450. The van der Waals surface area contributed by atoms with Crippen LogP contribution in [0.4, 0.5) is 0 Å². The van der Waals surface area contributed by atoms with E-state index < -0.39 is 0 Å². The van der Waals surface area contributed by atoms with Gasteiger partial charge in [0.2, 0.25) is 0 Å². The van der Waals surface area contributed by atoms with E-state index in [1.165, 1.54) is 16.7 Å². The van der Waals surface area contributed by atoms with Crippen molar-refractivity contribution in [3.05, 3.63) is 69.2 Å². The fourth-order valence-electron chi connectivity index (χ4n) is 2.91. The quantitative estimate of drug-likeness (QED) is 0.633. The normalized spacial score (nSPS) is 21.9. The van der Waals surface area contributed by atoms with Crippen molar-refractivity contribution in [1.29, 1.82) is 0 Å². The second-order valence-electron chi connectivity index (χ2n) is 5.01. The smallest absolute Gasteiger partial charge is 0.0409 e. The van der Waals surface area contributed by atoms with Crippen molar-refractivity contribution in [2.45, 2.75) is 25.2 Å². The summed E-state index contributed by atoms with van der Waals surface area (Å²) in [4.78, 5) is 0. The van der Waals surface area contributed by atoms with E-state index in [1.54, 1.807) is 0 Å². The molecule has 92 valence electrons.